The van der Waals surface area contributed by atoms with Crippen molar-refractivity contribution < 1.29 is 0 Å². The van der Waals surface area contributed by atoms with Gasteiger partial charge < -0.3 is 10.2 Å². The van der Waals surface area contributed by atoms with Crippen LogP contribution in [0, 0.1) is 12.8 Å². The van der Waals surface area contributed by atoms with E-state index in [-0.39, 0.29) is 5.54 Å². The summed E-state index contributed by atoms with van der Waals surface area (Å²) in [6.07, 6.45) is 2.58. The number of piperidine rings is 1. The molecule has 114 valence electrons. The molecule has 4 heteroatoms. The highest BCUT2D eigenvalue weighted by atomic mass is 32.1. The summed E-state index contributed by atoms with van der Waals surface area (Å²) in [7, 11) is 0. The fraction of sp³-hybridized carbons (Fsp3) is 0.812. The maximum absolute atomic E-state index is 4.81. The third-order valence-corrected chi connectivity index (χ3v) is 5.24. The molecule has 1 aromatic heterocycles. The monoisotopic (exact) mass is 295 g/mol. The summed E-state index contributed by atoms with van der Waals surface area (Å²) in [5, 5.41) is 4.78. The zero-order valence-electron chi connectivity index (χ0n) is 13.8. The Labute approximate surface area is 127 Å². The number of hydrogen-bond donors (Lipinski definition) is 1. The highest BCUT2D eigenvalue weighted by Crippen LogP contribution is 2.32. The van der Waals surface area contributed by atoms with Gasteiger partial charge in [0.05, 0.1) is 5.69 Å². The Morgan fingerprint density at radius 2 is 2.05 bits per heavy atom. The average molecular weight is 295 g/mol. The van der Waals surface area contributed by atoms with Crippen molar-refractivity contribution >= 4 is 16.5 Å². The lowest BCUT2D eigenvalue weighted by atomic mass is 9.94. The third-order valence-electron chi connectivity index (χ3n) is 4.04. The Kier molecular flexibility index (Phi) is 4.75. The molecule has 0 aliphatic carbocycles. The van der Waals surface area contributed by atoms with Crippen LogP contribution >= 0.6 is 11.3 Å². The van der Waals surface area contributed by atoms with E-state index in [9.17, 15) is 0 Å². The molecule has 1 aliphatic rings. The highest BCUT2D eigenvalue weighted by Gasteiger charge is 2.25. The standard InChI is InChI=1S/C16H29N3S/c1-11-7-8-19(12(2)9-11)15-18-13(3)14(20-15)10-17-16(4,5)6/h11-12,17H,7-10H2,1-6H3. The van der Waals surface area contributed by atoms with Crippen LogP contribution in [0.3, 0.4) is 0 Å². The van der Waals surface area contributed by atoms with Crippen molar-refractivity contribution in [2.24, 2.45) is 5.92 Å². The van der Waals surface area contributed by atoms with Crippen LogP contribution in [0.2, 0.25) is 0 Å². The zero-order valence-corrected chi connectivity index (χ0v) is 14.6. The number of anilines is 1. The van der Waals surface area contributed by atoms with E-state index in [1.54, 1.807) is 0 Å². The van der Waals surface area contributed by atoms with Crippen LogP contribution in [0.25, 0.3) is 0 Å². The first-order chi connectivity index (χ1) is 9.26. The number of rotatable bonds is 3. The van der Waals surface area contributed by atoms with Gasteiger partial charge in [0.25, 0.3) is 0 Å². The van der Waals surface area contributed by atoms with Crippen molar-refractivity contribution in [1.82, 2.24) is 10.3 Å². The summed E-state index contributed by atoms with van der Waals surface area (Å²) in [6.45, 7) is 15.5. The molecule has 2 atom stereocenters. The molecule has 2 rings (SSSR count). The van der Waals surface area contributed by atoms with Gasteiger partial charge in [0.15, 0.2) is 5.13 Å². The minimum absolute atomic E-state index is 0.157. The molecule has 3 nitrogen and oxygen atoms in total. The predicted octanol–water partition coefficient (Wildman–Crippen LogP) is 3.96. The molecule has 1 aromatic rings. The number of aromatic nitrogens is 1. The summed E-state index contributed by atoms with van der Waals surface area (Å²) in [6, 6.07) is 0.618. The first-order valence-electron chi connectivity index (χ1n) is 7.74. The number of aryl methyl sites for hydroxylation is 1. The van der Waals surface area contributed by atoms with E-state index in [0.717, 1.165) is 19.0 Å². The molecule has 20 heavy (non-hydrogen) atoms. The molecule has 0 saturated carbocycles. The lowest BCUT2D eigenvalue weighted by Crippen LogP contribution is -2.40. The van der Waals surface area contributed by atoms with Gasteiger partial charge in [0, 0.05) is 29.5 Å². The molecule has 0 bridgehead atoms. The minimum Gasteiger partial charge on any atom is -0.345 e. The van der Waals surface area contributed by atoms with Crippen molar-refractivity contribution in [2.75, 3.05) is 11.4 Å². The van der Waals surface area contributed by atoms with Gasteiger partial charge in [-0.3, -0.25) is 0 Å². The topological polar surface area (TPSA) is 28.2 Å². The van der Waals surface area contributed by atoms with Gasteiger partial charge >= 0.3 is 0 Å². The lowest BCUT2D eigenvalue weighted by Gasteiger charge is -2.36. The Morgan fingerprint density at radius 3 is 2.65 bits per heavy atom. The second-order valence-corrected chi connectivity index (χ2v) is 8.34. The van der Waals surface area contributed by atoms with Crippen LogP contribution in [0.1, 0.15) is 58.0 Å². The summed E-state index contributed by atoms with van der Waals surface area (Å²) in [4.78, 5) is 8.69. The number of hydrogen-bond acceptors (Lipinski definition) is 4. The third kappa shape index (κ3) is 3.95. The van der Waals surface area contributed by atoms with E-state index in [0.29, 0.717) is 6.04 Å². The Balaban J connectivity index is 2.07. The maximum Gasteiger partial charge on any atom is 0.186 e. The number of thiazole rings is 1. The predicted molar refractivity (Wildman–Crippen MR) is 88.6 cm³/mol. The minimum atomic E-state index is 0.157. The van der Waals surface area contributed by atoms with Crippen LogP contribution in [0.15, 0.2) is 0 Å². The van der Waals surface area contributed by atoms with Gasteiger partial charge in [0.2, 0.25) is 0 Å². The molecule has 2 unspecified atom stereocenters. The lowest BCUT2D eigenvalue weighted by molar-refractivity contribution is 0.377. The molecule has 1 fully saturated rings. The second kappa shape index (κ2) is 6.02. The SMILES string of the molecule is Cc1nc(N2CCC(C)CC2C)sc1CNC(C)(C)C. The fourth-order valence-electron chi connectivity index (χ4n) is 2.74. The van der Waals surface area contributed by atoms with Crippen molar-refractivity contribution in [3.8, 4) is 0 Å². The van der Waals surface area contributed by atoms with Crippen molar-refractivity contribution in [2.45, 2.75) is 72.5 Å². The molecular formula is C16H29N3S. The van der Waals surface area contributed by atoms with E-state index in [1.807, 2.05) is 11.3 Å². The smallest absolute Gasteiger partial charge is 0.186 e. The Morgan fingerprint density at radius 1 is 1.35 bits per heavy atom. The molecule has 2 heterocycles. The summed E-state index contributed by atoms with van der Waals surface area (Å²) in [5.74, 6) is 0.851. The normalized spacial score (nSPS) is 24.2. The Hall–Kier alpha value is -0.610. The summed E-state index contributed by atoms with van der Waals surface area (Å²) in [5.41, 5.74) is 1.34. The largest absolute Gasteiger partial charge is 0.345 e. The van der Waals surface area contributed by atoms with Crippen LogP contribution in [-0.2, 0) is 6.54 Å². The van der Waals surface area contributed by atoms with E-state index in [4.69, 9.17) is 4.98 Å². The van der Waals surface area contributed by atoms with Crippen molar-refractivity contribution in [3.05, 3.63) is 10.6 Å². The maximum atomic E-state index is 4.81. The Bertz CT molecular complexity index is 447. The molecule has 0 radical (unpaired) electrons. The van der Waals surface area contributed by atoms with E-state index in [2.05, 4.69) is 51.8 Å². The molecular weight excluding hydrogens is 266 g/mol. The van der Waals surface area contributed by atoms with Crippen LogP contribution in [0.5, 0.6) is 0 Å². The number of nitrogens with one attached hydrogen (secondary N) is 1. The van der Waals surface area contributed by atoms with Crippen LogP contribution < -0.4 is 10.2 Å². The van der Waals surface area contributed by atoms with Gasteiger partial charge in [-0.15, -0.1) is 11.3 Å². The summed E-state index contributed by atoms with van der Waals surface area (Å²) >= 11 is 1.86. The molecule has 1 aliphatic heterocycles. The van der Waals surface area contributed by atoms with E-state index < -0.39 is 0 Å². The quantitative estimate of drug-likeness (QED) is 0.914. The number of nitrogens with zero attached hydrogens (tertiary/aromatic N) is 2. The van der Waals surface area contributed by atoms with Gasteiger partial charge in [-0.05, 0) is 53.4 Å². The van der Waals surface area contributed by atoms with Gasteiger partial charge in [-0.2, -0.15) is 0 Å². The van der Waals surface area contributed by atoms with Crippen LogP contribution in [-0.4, -0.2) is 23.1 Å². The summed E-state index contributed by atoms with van der Waals surface area (Å²) < 4.78 is 0. The van der Waals surface area contributed by atoms with E-state index >= 15 is 0 Å². The average Bonchev–Trinajstić information content (AvgIpc) is 2.67. The zero-order chi connectivity index (χ0) is 14.9. The highest BCUT2D eigenvalue weighted by molar-refractivity contribution is 7.15. The molecule has 0 aromatic carbocycles. The van der Waals surface area contributed by atoms with Crippen molar-refractivity contribution in [3.63, 3.8) is 0 Å². The molecule has 1 N–H and O–H groups in total. The van der Waals surface area contributed by atoms with Crippen molar-refractivity contribution in [1.29, 1.82) is 0 Å². The molecule has 0 spiro atoms. The first-order valence-corrected chi connectivity index (χ1v) is 8.56. The fourth-order valence-corrected chi connectivity index (χ4v) is 3.87. The van der Waals surface area contributed by atoms with Gasteiger partial charge in [-0.1, -0.05) is 6.92 Å². The first kappa shape index (κ1) is 15.8. The van der Waals surface area contributed by atoms with E-state index in [1.165, 1.54) is 28.5 Å². The molecule has 1 saturated heterocycles. The second-order valence-electron chi connectivity index (χ2n) is 7.28. The van der Waals surface area contributed by atoms with Gasteiger partial charge in [-0.25, -0.2) is 4.98 Å². The molecule has 0 amide bonds. The van der Waals surface area contributed by atoms with Gasteiger partial charge in [0.1, 0.15) is 0 Å². The van der Waals surface area contributed by atoms with Crippen LogP contribution in [0.4, 0.5) is 5.13 Å².